The van der Waals surface area contributed by atoms with E-state index in [9.17, 15) is 0 Å². The average molecular weight is 273 g/mol. The van der Waals surface area contributed by atoms with E-state index in [4.69, 9.17) is 10.3 Å². The molecule has 0 aliphatic carbocycles. The Bertz CT molecular complexity index is 558. The molecule has 0 aliphatic heterocycles. The second-order valence-corrected chi connectivity index (χ2v) is 6.08. The van der Waals surface area contributed by atoms with Crippen LogP contribution in [0, 0.1) is 0 Å². The van der Waals surface area contributed by atoms with E-state index >= 15 is 0 Å². The van der Waals surface area contributed by atoms with Gasteiger partial charge in [-0.05, 0) is 32.8 Å². The average Bonchev–Trinajstić information content (AvgIpc) is 2.91. The smallest absolute Gasteiger partial charge is 0.246 e. The Morgan fingerprint density at radius 2 is 1.80 bits per heavy atom. The minimum absolute atomic E-state index is 0.300. The van der Waals surface area contributed by atoms with Crippen LogP contribution < -0.4 is 5.73 Å². The first-order chi connectivity index (χ1) is 9.38. The Morgan fingerprint density at radius 3 is 2.40 bits per heavy atom. The van der Waals surface area contributed by atoms with Crippen molar-refractivity contribution in [1.82, 2.24) is 10.1 Å². The number of rotatable bonds is 5. The van der Waals surface area contributed by atoms with Crippen molar-refractivity contribution in [2.75, 3.05) is 0 Å². The van der Waals surface area contributed by atoms with Gasteiger partial charge in [-0.3, -0.25) is 0 Å². The summed E-state index contributed by atoms with van der Waals surface area (Å²) in [6, 6.07) is 10.2. The van der Waals surface area contributed by atoms with Crippen LogP contribution in [0.1, 0.15) is 57.8 Å². The fraction of sp³-hybridized carbons (Fsp3) is 0.500. The molecule has 2 rings (SSSR count). The SMILES string of the molecule is CCCC(C)(N)c1nc(C(C)(C)c2ccccc2)no1. The van der Waals surface area contributed by atoms with Gasteiger partial charge in [0.15, 0.2) is 5.82 Å². The molecule has 0 fully saturated rings. The standard InChI is InChI=1S/C16H23N3O/c1-5-11-16(4,17)14-18-13(19-20-14)15(2,3)12-9-7-6-8-10-12/h6-10H,5,11,17H2,1-4H3. The first-order valence-corrected chi connectivity index (χ1v) is 7.07. The summed E-state index contributed by atoms with van der Waals surface area (Å²) in [5, 5.41) is 4.15. The van der Waals surface area contributed by atoms with E-state index < -0.39 is 5.54 Å². The maximum Gasteiger partial charge on any atom is 0.246 e. The zero-order valence-corrected chi connectivity index (χ0v) is 12.7. The van der Waals surface area contributed by atoms with Crippen molar-refractivity contribution >= 4 is 0 Å². The number of hydrogen-bond donors (Lipinski definition) is 1. The predicted octanol–water partition coefficient (Wildman–Crippen LogP) is 3.37. The van der Waals surface area contributed by atoms with Crippen molar-refractivity contribution in [2.24, 2.45) is 5.73 Å². The molecule has 0 radical (unpaired) electrons. The van der Waals surface area contributed by atoms with Gasteiger partial charge >= 0.3 is 0 Å². The van der Waals surface area contributed by atoms with Gasteiger partial charge in [-0.1, -0.05) is 48.8 Å². The molecule has 0 bridgehead atoms. The summed E-state index contributed by atoms with van der Waals surface area (Å²) in [6.45, 7) is 8.20. The molecule has 1 aromatic carbocycles. The Balaban J connectivity index is 2.33. The van der Waals surface area contributed by atoms with Crippen LogP contribution in [-0.2, 0) is 11.0 Å². The van der Waals surface area contributed by atoms with E-state index in [0.717, 1.165) is 18.4 Å². The monoisotopic (exact) mass is 273 g/mol. The first-order valence-electron chi connectivity index (χ1n) is 7.07. The highest BCUT2D eigenvalue weighted by Crippen LogP contribution is 2.31. The van der Waals surface area contributed by atoms with Crippen molar-refractivity contribution in [3.8, 4) is 0 Å². The molecule has 1 aromatic heterocycles. The van der Waals surface area contributed by atoms with Gasteiger partial charge in [0.2, 0.25) is 5.89 Å². The van der Waals surface area contributed by atoms with Gasteiger partial charge in [-0.15, -0.1) is 0 Å². The molecular weight excluding hydrogens is 250 g/mol. The normalized spacial score (nSPS) is 15.1. The molecule has 0 aliphatic rings. The molecule has 1 atom stereocenters. The van der Waals surface area contributed by atoms with E-state index in [-0.39, 0.29) is 5.41 Å². The van der Waals surface area contributed by atoms with Gasteiger partial charge in [0.1, 0.15) is 0 Å². The second kappa shape index (κ2) is 5.37. The molecule has 4 heteroatoms. The third-order valence-corrected chi connectivity index (χ3v) is 3.74. The topological polar surface area (TPSA) is 64.9 Å². The Morgan fingerprint density at radius 1 is 1.15 bits per heavy atom. The third kappa shape index (κ3) is 2.75. The van der Waals surface area contributed by atoms with Crippen LogP contribution in [0.2, 0.25) is 0 Å². The van der Waals surface area contributed by atoms with Crippen LogP contribution >= 0.6 is 0 Å². The van der Waals surface area contributed by atoms with Crippen LogP contribution in [0.5, 0.6) is 0 Å². The number of hydrogen-bond acceptors (Lipinski definition) is 4. The van der Waals surface area contributed by atoms with Crippen LogP contribution in [0.4, 0.5) is 0 Å². The van der Waals surface area contributed by atoms with Crippen LogP contribution in [0.25, 0.3) is 0 Å². The highest BCUT2D eigenvalue weighted by atomic mass is 16.5. The molecule has 108 valence electrons. The molecule has 4 nitrogen and oxygen atoms in total. The van der Waals surface area contributed by atoms with Crippen molar-refractivity contribution in [1.29, 1.82) is 0 Å². The summed E-state index contributed by atoms with van der Waals surface area (Å²) in [5.74, 6) is 1.19. The molecule has 0 amide bonds. The summed E-state index contributed by atoms with van der Waals surface area (Å²) in [5.41, 5.74) is 6.54. The van der Waals surface area contributed by atoms with Gasteiger partial charge in [0, 0.05) is 0 Å². The molecule has 1 unspecified atom stereocenters. The van der Waals surface area contributed by atoms with E-state index in [1.165, 1.54) is 0 Å². The quantitative estimate of drug-likeness (QED) is 0.907. The van der Waals surface area contributed by atoms with E-state index in [0.29, 0.717) is 11.7 Å². The minimum atomic E-state index is -0.563. The van der Waals surface area contributed by atoms with Gasteiger partial charge < -0.3 is 10.3 Å². The van der Waals surface area contributed by atoms with Crippen molar-refractivity contribution in [2.45, 2.75) is 51.5 Å². The molecule has 0 spiro atoms. The fourth-order valence-corrected chi connectivity index (χ4v) is 2.32. The maximum atomic E-state index is 6.25. The second-order valence-electron chi connectivity index (χ2n) is 6.08. The zero-order chi connectivity index (χ0) is 14.8. The van der Waals surface area contributed by atoms with E-state index in [1.807, 2.05) is 25.1 Å². The Labute approximate surface area is 120 Å². The first kappa shape index (κ1) is 14.7. The molecule has 0 saturated carbocycles. The molecule has 20 heavy (non-hydrogen) atoms. The van der Waals surface area contributed by atoms with Gasteiger partial charge in [0.25, 0.3) is 0 Å². The lowest BCUT2D eigenvalue weighted by molar-refractivity contribution is 0.281. The van der Waals surface area contributed by atoms with E-state index in [1.54, 1.807) is 0 Å². The number of aromatic nitrogens is 2. The molecule has 0 saturated heterocycles. The number of nitrogens with two attached hydrogens (primary N) is 1. The van der Waals surface area contributed by atoms with Crippen LogP contribution in [0.15, 0.2) is 34.9 Å². The molecule has 1 heterocycles. The number of benzene rings is 1. The lowest BCUT2D eigenvalue weighted by Crippen LogP contribution is -2.33. The predicted molar refractivity (Wildman–Crippen MR) is 79.3 cm³/mol. The Kier molecular flexibility index (Phi) is 3.95. The highest BCUT2D eigenvalue weighted by molar-refractivity contribution is 5.30. The van der Waals surface area contributed by atoms with E-state index in [2.05, 4.69) is 43.0 Å². The largest absolute Gasteiger partial charge is 0.337 e. The molecular formula is C16H23N3O. The third-order valence-electron chi connectivity index (χ3n) is 3.74. The Hall–Kier alpha value is -1.68. The van der Waals surface area contributed by atoms with Crippen molar-refractivity contribution < 1.29 is 4.52 Å². The lowest BCUT2D eigenvalue weighted by atomic mass is 9.84. The van der Waals surface area contributed by atoms with Gasteiger partial charge in [-0.25, -0.2) is 0 Å². The summed E-state index contributed by atoms with van der Waals surface area (Å²) < 4.78 is 5.40. The lowest BCUT2D eigenvalue weighted by Gasteiger charge is -2.21. The maximum absolute atomic E-state index is 6.25. The fourth-order valence-electron chi connectivity index (χ4n) is 2.32. The van der Waals surface area contributed by atoms with Crippen molar-refractivity contribution in [3.05, 3.63) is 47.6 Å². The highest BCUT2D eigenvalue weighted by Gasteiger charge is 2.33. The summed E-state index contributed by atoms with van der Waals surface area (Å²) in [4.78, 5) is 4.55. The van der Waals surface area contributed by atoms with Crippen LogP contribution in [0.3, 0.4) is 0 Å². The van der Waals surface area contributed by atoms with Crippen molar-refractivity contribution in [3.63, 3.8) is 0 Å². The zero-order valence-electron chi connectivity index (χ0n) is 12.7. The summed E-state index contributed by atoms with van der Waals surface area (Å²) >= 11 is 0. The summed E-state index contributed by atoms with van der Waals surface area (Å²) in [6.07, 6.45) is 1.80. The molecule has 2 aromatic rings. The summed E-state index contributed by atoms with van der Waals surface area (Å²) in [7, 11) is 0. The van der Waals surface area contributed by atoms with Gasteiger partial charge in [-0.2, -0.15) is 4.98 Å². The van der Waals surface area contributed by atoms with Crippen LogP contribution in [-0.4, -0.2) is 10.1 Å². The minimum Gasteiger partial charge on any atom is -0.337 e. The van der Waals surface area contributed by atoms with Gasteiger partial charge in [0.05, 0.1) is 11.0 Å². The number of nitrogens with zero attached hydrogens (tertiary/aromatic N) is 2. The molecule has 2 N–H and O–H groups in total.